The molecule has 0 aliphatic rings. The molecule has 0 rings (SSSR count). The predicted molar refractivity (Wildman–Crippen MR) is 323 cm³/mol. The summed E-state index contributed by atoms with van der Waals surface area (Å²) in [6, 6.07) is 0. The Labute approximate surface area is 481 Å². The Bertz CT molecular complexity index is 1270. The van der Waals surface area contributed by atoms with Gasteiger partial charge in [0.1, 0.15) is 32.0 Å². The molecule has 0 aromatic carbocycles. The highest BCUT2D eigenvalue weighted by atomic mass is 16.7. The topological polar surface area (TPSA) is 168 Å². The van der Waals surface area contributed by atoms with Crippen LogP contribution in [-0.4, -0.2) is 107 Å². The molecule has 78 heavy (non-hydrogen) atoms. The molecular weight excluding hydrogens is 987 g/mol. The van der Waals surface area contributed by atoms with E-state index in [0.717, 1.165) is 122 Å². The maximum absolute atomic E-state index is 12.8. The molecular formula is C64H127N3O11. The monoisotopic (exact) mass is 1110 g/mol. The van der Waals surface area contributed by atoms with Crippen molar-refractivity contribution >= 4 is 30.3 Å². The van der Waals surface area contributed by atoms with Gasteiger partial charge in [-0.1, -0.05) is 208 Å². The lowest BCUT2D eigenvalue weighted by Crippen LogP contribution is -2.29. The van der Waals surface area contributed by atoms with E-state index in [9.17, 15) is 24.0 Å². The lowest BCUT2D eigenvalue weighted by Gasteiger charge is -2.18. The average Bonchev–Trinajstić information content (AvgIpc) is 3.43. The first-order valence-corrected chi connectivity index (χ1v) is 32.8. The summed E-state index contributed by atoms with van der Waals surface area (Å²) in [5.74, 6) is -1.24. The van der Waals surface area contributed by atoms with Crippen LogP contribution in [0.2, 0.25) is 0 Å². The van der Waals surface area contributed by atoms with Gasteiger partial charge in [0.15, 0.2) is 0 Å². The molecule has 0 fully saturated rings. The van der Waals surface area contributed by atoms with E-state index in [2.05, 4.69) is 57.1 Å². The van der Waals surface area contributed by atoms with Gasteiger partial charge >= 0.3 is 30.3 Å². The molecule has 14 nitrogen and oxygen atoms in total. The number of rotatable bonds is 58. The van der Waals surface area contributed by atoms with Crippen LogP contribution < -0.4 is 10.6 Å². The van der Waals surface area contributed by atoms with Gasteiger partial charge in [-0.05, 0) is 96.6 Å². The molecule has 0 unspecified atom stereocenters. The third kappa shape index (κ3) is 52.1. The van der Waals surface area contributed by atoms with Crippen molar-refractivity contribution in [1.29, 1.82) is 0 Å². The van der Waals surface area contributed by atoms with Gasteiger partial charge < -0.3 is 44.0 Å². The maximum Gasteiger partial charge on any atom is 0.508 e. The zero-order valence-corrected chi connectivity index (χ0v) is 51.5. The number of hydrogen-bond acceptors (Lipinski definition) is 12. The van der Waals surface area contributed by atoms with Gasteiger partial charge in [-0.2, -0.15) is 0 Å². The van der Waals surface area contributed by atoms with E-state index in [4.69, 9.17) is 28.4 Å². The van der Waals surface area contributed by atoms with Gasteiger partial charge in [-0.15, -0.1) is 0 Å². The molecule has 0 aromatic heterocycles. The summed E-state index contributed by atoms with van der Waals surface area (Å²) in [6.07, 6.45) is 41.4. The number of unbranched alkanes of at least 4 members (excludes halogenated alkanes) is 28. The predicted octanol–water partition coefficient (Wildman–Crippen LogP) is 17.9. The molecule has 2 amide bonds. The number of alkyl carbamates (subject to hydrolysis) is 2. The fraction of sp³-hybridized carbons (Fsp3) is 0.922. The smallest absolute Gasteiger partial charge is 0.465 e. The highest BCUT2D eigenvalue weighted by molar-refractivity contribution is 5.70. The Morgan fingerprint density at radius 1 is 0.372 bits per heavy atom. The van der Waals surface area contributed by atoms with Crippen LogP contribution in [0.3, 0.4) is 0 Å². The summed E-state index contributed by atoms with van der Waals surface area (Å²) in [6.45, 7) is 16.9. The number of hydrogen-bond donors (Lipinski definition) is 2. The number of amides is 2. The normalized spacial score (nSPS) is 11.4. The minimum absolute atomic E-state index is 0. The minimum Gasteiger partial charge on any atom is -0.465 e. The summed E-state index contributed by atoms with van der Waals surface area (Å²) in [4.78, 5) is 65.7. The van der Waals surface area contributed by atoms with Crippen molar-refractivity contribution in [3.05, 3.63) is 0 Å². The third-order valence-corrected chi connectivity index (χ3v) is 14.9. The largest absolute Gasteiger partial charge is 0.508 e. The molecule has 14 heteroatoms. The molecule has 464 valence electrons. The Balaban J connectivity index is -0.0000296. The van der Waals surface area contributed by atoms with E-state index >= 15 is 0 Å². The van der Waals surface area contributed by atoms with E-state index in [-0.39, 0.29) is 78.5 Å². The number of carbonyl (C=O) groups excluding carboxylic acids is 5. The fourth-order valence-corrected chi connectivity index (χ4v) is 9.67. The highest BCUT2D eigenvalue weighted by Crippen LogP contribution is 2.19. The lowest BCUT2D eigenvalue weighted by atomic mass is 10.0. The quantitative estimate of drug-likeness (QED) is 0.0336. The first-order chi connectivity index (χ1) is 38.1. The lowest BCUT2D eigenvalue weighted by molar-refractivity contribution is -0.150. The van der Waals surface area contributed by atoms with Gasteiger partial charge in [-0.25, -0.2) is 14.4 Å². The molecule has 0 saturated carbocycles. The second-order valence-corrected chi connectivity index (χ2v) is 22.2. The van der Waals surface area contributed by atoms with Crippen molar-refractivity contribution in [2.24, 2.45) is 5.92 Å². The molecule has 0 aliphatic heterocycles. The second kappa shape index (κ2) is 58.4. The standard InChI is InChI=1S/C64H123N3O11.2H2/c1-7-13-17-21-27-35-44-58(45-36-28-22-18-14-8-2)77-62(70)65-50-41-33-25-31-39-48-60(68)74-54-57(56-76-64(72)73-53-43-52-67(11-5)12-6)55-75-61(69)49-40-32-26-34-42-51-66-63(71)78-59(46-37-29-23-19-15-9-3)47-38-30-24-20-16-10-4;;/h57-59H,7-56H2,1-6H3,(H,65,70)(H,66,71);2*1H. The van der Waals surface area contributed by atoms with Crippen molar-refractivity contribution in [3.63, 3.8) is 0 Å². The molecule has 0 spiro atoms. The molecule has 0 saturated heterocycles. The molecule has 0 radical (unpaired) electrons. The number of nitrogens with one attached hydrogen (secondary N) is 2. The summed E-state index contributed by atoms with van der Waals surface area (Å²) >= 11 is 0. The van der Waals surface area contributed by atoms with Gasteiger partial charge in [0.2, 0.25) is 0 Å². The first kappa shape index (κ1) is 74.7. The summed E-state index contributed by atoms with van der Waals surface area (Å²) < 4.78 is 33.7. The SMILES string of the molecule is CCCCCCCCC(CCCCCCCC)OC(=O)NCCCCCCCC(=O)OCC(COC(=O)CCCCCCCNC(=O)OC(CCCCCCCC)CCCCCCCC)COC(=O)OCCCN(CC)CC.[HH].[HH]. The van der Waals surface area contributed by atoms with Crippen molar-refractivity contribution in [2.45, 2.75) is 317 Å². The number of nitrogens with zero attached hydrogens (tertiary/aromatic N) is 1. The van der Waals surface area contributed by atoms with Crippen molar-refractivity contribution in [1.82, 2.24) is 15.5 Å². The molecule has 0 bridgehead atoms. The van der Waals surface area contributed by atoms with Crippen LogP contribution in [0.25, 0.3) is 0 Å². The van der Waals surface area contributed by atoms with Crippen molar-refractivity contribution < 1.29 is 55.2 Å². The van der Waals surface area contributed by atoms with E-state index in [1.54, 1.807) is 0 Å². The van der Waals surface area contributed by atoms with Crippen LogP contribution in [0.4, 0.5) is 14.4 Å². The van der Waals surface area contributed by atoms with E-state index in [1.165, 1.54) is 128 Å². The summed E-state index contributed by atoms with van der Waals surface area (Å²) in [5, 5.41) is 5.93. The van der Waals surface area contributed by atoms with Crippen molar-refractivity contribution in [3.8, 4) is 0 Å². The Hall–Kier alpha value is -3.29. The Morgan fingerprint density at radius 3 is 1.05 bits per heavy atom. The van der Waals surface area contributed by atoms with E-state index in [1.807, 2.05) is 0 Å². The fourth-order valence-electron chi connectivity index (χ4n) is 9.67. The van der Waals surface area contributed by atoms with Crippen LogP contribution in [0, 0.1) is 5.92 Å². The average molecular weight is 1110 g/mol. The van der Waals surface area contributed by atoms with Crippen LogP contribution >= 0.6 is 0 Å². The van der Waals surface area contributed by atoms with Gasteiger partial charge in [-0.3, -0.25) is 9.59 Å². The third-order valence-electron chi connectivity index (χ3n) is 14.9. The zero-order chi connectivity index (χ0) is 57.2. The van der Waals surface area contributed by atoms with Crippen LogP contribution in [-0.2, 0) is 38.0 Å². The minimum atomic E-state index is -0.802. The Kier molecular flexibility index (Phi) is 55.9. The van der Waals surface area contributed by atoms with Crippen LogP contribution in [0.5, 0.6) is 0 Å². The molecule has 0 aliphatic carbocycles. The summed E-state index contributed by atoms with van der Waals surface area (Å²) in [5.41, 5.74) is 0. The van der Waals surface area contributed by atoms with Gasteiger partial charge in [0, 0.05) is 35.3 Å². The molecule has 0 aromatic rings. The highest BCUT2D eigenvalue weighted by Gasteiger charge is 2.20. The van der Waals surface area contributed by atoms with Crippen LogP contribution in [0.1, 0.15) is 308 Å². The molecule has 0 atom stereocenters. The number of carbonyl (C=O) groups is 5. The van der Waals surface area contributed by atoms with Crippen LogP contribution in [0.15, 0.2) is 0 Å². The second-order valence-electron chi connectivity index (χ2n) is 22.2. The number of esters is 2. The first-order valence-electron chi connectivity index (χ1n) is 32.8. The molecule has 2 N–H and O–H groups in total. The Morgan fingerprint density at radius 2 is 0.692 bits per heavy atom. The van der Waals surface area contributed by atoms with Gasteiger partial charge in [0.25, 0.3) is 0 Å². The maximum atomic E-state index is 12.8. The van der Waals surface area contributed by atoms with E-state index in [0.29, 0.717) is 32.4 Å². The summed E-state index contributed by atoms with van der Waals surface area (Å²) in [7, 11) is 0. The van der Waals surface area contributed by atoms with E-state index < -0.39 is 12.1 Å². The zero-order valence-electron chi connectivity index (χ0n) is 51.5. The van der Waals surface area contributed by atoms with Gasteiger partial charge in [0.05, 0.1) is 12.5 Å². The molecule has 0 heterocycles. The number of ether oxygens (including phenoxy) is 6. The van der Waals surface area contributed by atoms with Crippen molar-refractivity contribution in [2.75, 3.05) is 59.2 Å².